The van der Waals surface area contributed by atoms with E-state index >= 15 is 0 Å². The zero-order chi connectivity index (χ0) is 19.4. The van der Waals surface area contributed by atoms with Gasteiger partial charge in [0.2, 0.25) is 0 Å². The van der Waals surface area contributed by atoms with E-state index in [1.807, 2.05) is 38.1 Å². The average Bonchev–Trinajstić information content (AvgIpc) is 2.52. The SMILES string of the molecule is CCOC(=O)N(C)C.CI.Cc1cc(N(C)C)c(C(C)C)cc1O. The Morgan fingerprint density at radius 1 is 1.21 bits per heavy atom. The lowest BCUT2D eigenvalue weighted by Gasteiger charge is -2.21. The zero-order valence-corrected chi connectivity index (χ0v) is 18.6. The summed E-state index contributed by atoms with van der Waals surface area (Å²) >= 11 is 2.15. The number of aromatic hydroxyl groups is 1. The summed E-state index contributed by atoms with van der Waals surface area (Å²) < 4.78 is 4.59. The van der Waals surface area contributed by atoms with Crippen molar-refractivity contribution >= 4 is 34.4 Å². The molecule has 1 N–H and O–H groups in total. The molecule has 140 valence electrons. The normalized spacial score (nSPS) is 9.29. The van der Waals surface area contributed by atoms with Crippen LogP contribution in [0.2, 0.25) is 0 Å². The van der Waals surface area contributed by atoms with Crippen LogP contribution < -0.4 is 4.90 Å². The first-order chi connectivity index (χ1) is 11.1. The van der Waals surface area contributed by atoms with Crippen LogP contribution in [0.5, 0.6) is 5.75 Å². The highest BCUT2D eigenvalue weighted by atomic mass is 127. The van der Waals surface area contributed by atoms with Crippen LogP contribution in [0.4, 0.5) is 10.5 Å². The topological polar surface area (TPSA) is 53.0 Å². The highest BCUT2D eigenvalue weighted by Gasteiger charge is 2.11. The number of alkyl halides is 1. The fourth-order valence-electron chi connectivity index (χ4n) is 1.80. The molecule has 0 atom stereocenters. The van der Waals surface area contributed by atoms with Crippen LogP contribution >= 0.6 is 22.6 Å². The molecule has 0 spiro atoms. The largest absolute Gasteiger partial charge is 0.508 e. The second-order valence-electron chi connectivity index (χ2n) is 5.84. The molecule has 0 saturated carbocycles. The van der Waals surface area contributed by atoms with Gasteiger partial charge in [-0.15, -0.1) is 0 Å². The van der Waals surface area contributed by atoms with Crippen molar-refractivity contribution in [2.24, 2.45) is 0 Å². The predicted octanol–water partition coefficient (Wildman–Crippen LogP) is 4.65. The van der Waals surface area contributed by atoms with Gasteiger partial charge < -0.3 is 19.6 Å². The van der Waals surface area contributed by atoms with Gasteiger partial charge in [-0.2, -0.15) is 0 Å². The van der Waals surface area contributed by atoms with Crippen LogP contribution in [-0.4, -0.2) is 55.8 Å². The van der Waals surface area contributed by atoms with Gasteiger partial charge in [-0.05, 0) is 48.0 Å². The van der Waals surface area contributed by atoms with Gasteiger partial charge in [0.25, 0.3) is 0 Å². The van der Waals surface area contributed by atoms with Crippen LogP contribution in [0, 0.1) is 6.92 Å². The third-order valence-electron chi connectivity index (χ3n) is 3.08. The Morgan fingerprint density at radius 2 is 1.71 bits per heavy atom. The fraction of sp³-hybridized carbons (Fsp3) is 0.611. The molecule has 0 unspecified atom stereocenters. The van der Waals surface area contributed by atoms with Crippen molar-refractivity contribution in [1.29, 1.82) is 0 Å². The summed E-state index contributed by atoms with van der Waals surface area (Å²) in [7, 11) is 7.35. The lowest BCUT2D eigenvalue weighted by Crippen LogP contribution is -2.22. The number of hydrogen-bond donors (Lipinski definition) is 1. The highest BCUT2D eigenvalue weighted by molar-refractivity contribution is 14.1. The minimum absolute atomic E-state index is 0.285. The molecule has 0 radical (unpaired) electrons. The second-order valence-corrected chi connectivity index (χ2v) is 5.84. The molecule has 0 bridgehead atoms. The van der Waals surface area contributed by atoms with E-state index in [1.165, 1.54) is 16.2 Å². The van der Waals surface area contributed by atoms with Crippen molar-refractivity contribution in [2.75, 3.05) is 44.6 Å². The molecule has 1 aromatic carbocycles. The number of phenols is 1. The van der Waals surface area contributed by atoms with Crippen LogP contribution in [0.1, 0.15) is 37.8 Å². The fourth-order valence-corrected chi connectivity index (χ4v) is 1.80. The summed E-state index contributed by atoms with van der Waals surface area (Å²) in [4.78, 5) is 15.9. The van der Waals surface area contributed by atoms with Gasteiger partial charge in [0.05, 0.1) is 6.61 Å². The number of phenolic OH excluding ortho intramolecular Hbond substituents is 1. The van der Waals surface area contributed by atoms with Gasteiger partial charge in [-0.25, -0.2) is 4.79 Å². The van der Waals surface area contributed by atoms with E-state index in [-0.39, 0.29) is 6.09 Å². The summed E-state index contributed by atoms with van der Waals surface area (Å²) in [6.45, 7) is 8.42. The minimum Gasteiger partial charge on any atom is -0.508 e. The number of carbonyl (C=O) groups excluding carboxylic acids is 1. The molecule has 5 nitrogen and oxygen atoms in total. The number of nitrogens with zero attached hydrogens (tertiary/aromatic N) is 2. The first-order valence-corrected chi connectivity index (χ1v) is 10.00. The Kier molecular flexibility index (Phi) is 13.7. The summed E-state index contributed by atoms with van der Waals surface area (Å²) in [6, 6.07) is 3.90. The smallest absolute Gasteiger partial charge is 0.409 e. The first kappa shape index (κ1) is 25.1. The van der Waals surface area contributed by atoms with Crippen molar-refractivity contribution < 1.29 is 14.6 Å². The average molecular weight is 452 g/mol. The molecule has 0 fully saturated rings. The molecular formula is C18H33IN2O3. The Bertz CT molecular complexity index is 456. The van der Waals surface area contributed by atoms with E-state index < -0.39 is 0 Å². The number of aryl methyl sites for hydroxylation is 1. The van der Waals surface area contributed by atoms with Crippen molar-refractivity contribution in [3.05, 3.63) is 23.3 Å². The molecule has 6 heteroatoms. The number of rotatable bonds is 3. The van der Waals surface area contributed by atoms with Crippen LogP contribution in [0.15, 0.2) is 12.1 Å². The van der Waals surface area contributed by atoms with E-state index in [2.05, 4.69) is 46.1 Å². The van der Waals surface area contributed by atoms with E-state index in [9.17, 15) is 9.90 Å². The maximum Gasteiger partial charge on any atom is 0.409 e. The van der Waals surface area contributed by atoms with E-state index in [1.54, 1.807) is 21.0 Å². The third kappa shape index (κ3) is 9.20. The highest BCUT2D eigenvalue weighted by Crippen LogP contribution is 2.32. The number of halogens is 1. The van der Waals surface area contributed by atoms with Crippen LogP contribution in [0.25, 0.3) is 0 Å². The van der Waals surface area contributed by atoms with Gasteiger partial charge >= 0.3 is 6.09 Å². The van der Waals surface area contributed by atoms with Crippen molar-refractivity contribution in [3.8, 4) is 5.75 Å². The lowest BCUT2D eigenvalue weighted by molar-refractivity contribution is 0.124. The number of benzene rings is 1. The van der Waals surface area contributed by atoms with Crippen molar-refractivity contribution in [1.82, 2.24) is 4.90 Å². The Morgan fingerprint density at radius 3 is 2.00 bits per heavy atom. The number of hydrogen-bond acceptors (Lipinski definition) is 4. The van der Waals surface area contributed by atoms with Crippen LogP contribution in [0.3, 0.4) is 0 Å². The Hall–Kier alpha value is -1.18. The monoisotopic (exact) mass is 452 g/mol. The molecule has 0 saturated heterocycles. The number of carbonyl (C=O) groups is 1. The summed E-state index contributed by atoms with van der Waals surface area (Å²) in [5, 5.41) is 9.64. The molecule has 0 aliphatic carbocycles. The first-order valence-electron chi connectivity index (χ1n) is 7.84. The van der Waals surface area contributed by atoms with Gasteiger partial charge in [0.1, 0.15) is 5.75 Å². The van der Waals surface area contributed by atoms with Gasteiger partial charge in [-0.3, -0.25) is 0 Å². The Balaban J connectivity index is 0. The zero-order valence-electron chi connectivity index (χ0n) is 16.5. The molecule has 0 aliphatic heterocycles. The Labute approximate surface area is 161 Å². The van der Waals surface area contributed by atoms with Crippen molar-refractivity contribution in [3.63, 3.8) is 0 Å². The summed E-state index contributed by atoms with van der Waals surface area (Å²) in [6.07, 6.45) is -0.285. The number of amides is 1. The number of anilines is 1. The van der Waals surface area contributed by atoms with Gasteiger partial charge in [0, 0.05) is 33.9 Å². The third-order valence-corrected chi connectivity index (χ3v) is 3.08. The quantitative estimate of drug-likeness (QED) is 0.536. The van der Waals surface area contributed by atoms with E-state index in [0.29, 0.717) is 18.3 Å². The molecule has 1 rings (SSSR count). The second kappa shape index (κ2) is 13.1. The summed E-state index contributed by atoms with van der Waals surface area (Å²) in [5.41, 5.74) is 3.31. The molecule has 0 aliphatic rings. The molecular weight excluding hydrogens is 419 g/mol. The predicted molar refractivity (Wildman–Crippen MR) is 112 cm³/mol. The van der Waals surface area contributed by atoms with E-state index in [0.717, 1.165) is 5.56 Å². The minimum atomic E-state index is -0.285. The lowest BCUT2D eigenvalue weighted by atomic mass is 9.98. The van der Waals surface area contributed by atoms with E-state index in [4.69, 9.17) is 0 Å². The molecule has 0 aromatic heterocycles. The van der Waals surface area contributed by atoms with Crippen LogP contribution in [-0.2, 0) is 4.74 Å². The van der Waals surface area contributed by atoms with Gasteiger partial charge in [0.15, 0.2) is 0 Å². The molecule has 24 heavy (non-hydrogen) atoms. The molecule has 0 heterocycles. The number of ether oxygens (including phenoxy) is 1. The van der Waals surface area contributed by atoms with Gasteiger partial charge in [-0.1, -0.05) is 36.4 Å². The summed E-state index contributed by atoms with van der Waals surface area (Å²) in [5.74, 6) is 0.818. The standard InChI is InChI=1S/C12H19NO.C5H11NO2.CH3I/c1-8(2)10-7-12(14)9(3)6-11(10)13(4)5;1-4-8-5(7)6(2)3;1-2/h6-8,14H,1-5H3;4H2,1-3H3;1H3. The maximum absolute atomic E-state index is 10.4. The van der Waals surface area contributed by atoms with Crippen molar-refractivity contribution in [2.45, 2.75) is 33.6 Å². The molecule has 1 amide bonds. The maximum atomic E-state index is 10.4. The molecule has 1 aromatic rings.